The van der Waals surface area contributed by atoms with E-state index in [0.29, 0.717) is 0 Å². The van der Waals surface area contributed by atoms with Gasteiger partial charge in [-0.3, -0.25) is 4.79 Å². The van der Waals surface area contributed by atoms with Gasteiger partial charge in [0, 0.05) is 10.6 Å². The van der Waals surface area contributed by atoms with Crippen LogP contribution in [0.5, 0.6) is 11.5 Å². The molecule has 2 aromatic rings. The molecule has 0 aromatic heterocycles. The SMILES string of the molecule is [C-]#[N+]c1cc(Cl)cc(Oc2c(Cl)ccc(CC3=NNC(=O)C(C)O3)c2F)c1. The molecule has 0 fully saturated rings. The molecule has 27 heavy (non-hydrogen) atoms. The number of carbonyl (C=O) groups is 1. The molecule has 1 aliphatic heterocycles. The molecular weight excluding hydrogens is 396 g/mol. The molecule has 1 atom stereocenters. The van der Waals surface area contributed by atoms with Crippen molar-refractivity contribution in [2.75, 3.05) is 0 Å². The van der Waals surface area contributed by atoms with Crippen molar-refractivity contribution in [1.29, 1.82) is 0 Å². The van der Waals surface area contributed by atoms with Crippen molar-refractivity contribution in [3.8, 4) is 11.5 Å². The molecule has 9 heteroatoms. The number of hydrazone groups is 1. The number of rotatable bonds is 4. The van der Waals surface area contributed by atoms with Crippen LogP contribution in [0.4, 0.5) is 10.1 Å². The fourth-order valence-electron chi connectivity index (χ4n) is 2.33. The molecule has 0 aliphatic carbocycles. The number of halogens is 3. The van der Waals surface area contributed by atoms with Gasteiger partial charge in [0.25, 0.3) is 5.91 Å². The Labute approximate surface area is 164 Å². The van der Waals surface area contributed by atoms with E-state index in [0.717, 1.165) is 0 Å². The van der Waals surface area contributed by atoms with E-state index >= 15 is 0 Å². The molecule has 2 aromatic carbocycles. The molecule has 3 rings (SSSR count). The number of ether oxygens (including phenoxy) is 2. The number of nitrogens with zero attached hydrogens (tertiary/aromatic N) is 2. The van der Waals surface area contributed by atoms with E-state index in [1.165, 1.54) is 30.3 Å². The van der Waals surface area contributed by atoms with Crippen molar-refractivity contribution in [3.63, 3.8) is 0 Å². The summed E-state index contributed by atoms with van der Waals surface area (Å²) in [6, 6.07) is 7.28. The molecule has 6 nitrogen and oxygen atoms in total. The maximum atomic E-state index is 14.9. The second kappa shape index (κ2) is 7.82. The molecule has 0 radical (unpaired) electrons. The highest BCUT2D eigenvalue weighted by Gasteiger charge is 2.24. The zero-order chi connectivity index (χ0) is 19.6. The van der Waals surface area contributed by atoms with Crippen LogP contribution in [0.25, 0.3) is 4.85 Å². The van der Waals surface area contributed by atoms with E-state index in [-0.39, 0.29) is 51.0 Å². The van der Waals surface area contributed by atoms with E-state index < -0.39 is 11.9 Å². The van der Waals surface area contributed by atoms with Crippen LogP contribution in [0, 0.1) is 12.4 Å². The Morgan fingerprint density at radius 3 is 2.85 bits per heavy atom. The third-order valence-electron chi connectivity index (χ3n) is 3.65. The Morgan fingerprint density at radius 2 is 2.15 bits per heavy atom. The summed E-state index contributed by atoms with van der Waals surface area (Å²) >= 11 is 12.0. The highest BCUT2D eigenvalue weighted by molar-refractivity contribution is 6.32. The number of hydrogen-bond acceptors (Lipinski definition) is 4. The first-order chi connectivity index (χ1) is 12.9. The molecule has 1 unspecified atom stereocenters. The Kier molecular flexibility index (Phi) is 5.49. The average molecular weight is 408 g/mol. The Balaban J connectivity index is 1.89. The van der Waals surface area contributed by atoms with Crippen molar-refractivity contribution in [3.05, 3.63) is 63.2 Å². The molecule has 1 amide bonds. The summed E-state index contributed by atoms with van der Waals surface area (Å²) in [5.74, 6) is -0.953. The van der Waals surface area contributed by atoms with Gasteiger partial charge in [0.05, 0.1) is 18.0 Å². The molecule has 0 saturated heterocycles. The Hall–Kier alpha value is -2.82. The van der Waals surface area contributed by atoms with Gasteiger partial charge in [-0.25, -0.2) is 14.7 Å². The summed E-state index contributed by atoms with van der Waals surface area (Å²) in [7, 11) is 0. The van der Waals surface area contributed by atoms with Gasteiger partial charge >= 0.3 is 0 Å². The zero-order valence-electron chi connectivity index (χ0n) is 13.9. The maximum absolute atomic E-state index is 14.9. The first kappa shape index (κ1) is 19.0. The summed E-state index contributed by atoms with van der Waals surface area (Å²) < 4.78 is 25.8. The van der Waals surface area contributed by atoms with Crippen LogP contribution in [0.3, 0.4) is 0 Å². The lowest BCUT2D eigenvalue weighted by Gasteiger charge is -2.20. The quantitative estimate of drug-likeness (QED) is 0.735. The normalized spacial score (nSPS) is 16.0. The van der Waals surface area contributed by atoms with Crippen LogP contribution in [0.2, 0.25) is 10.0 Å². The minimum atomic E-state index is -0.720. The lowest BCUT2D eigenvalue weighted by Crippen LogP contribution is -2.39. The summed E-state index contributed by atoms with van der Waals surface area (Å²) in [4.78, 5) is 14.6. The minimum Gasteiger partial charge on any atom is -0.466 e. The second-order valence-electron chi connectivity index (χ2n) is 5.63. The van der Waals surface area contributed by atoms with Crippen molar-refractivity contribution >= 4 is 40.7 Å². The third kappa shape index (κ3) is 4.30. The van der Waals surface area contributed by atoms with Gasteiger partial charge in [0.2, 0.25) is 5.90 Å². The second-order valence-corrected chi connectivity index (χ2v) is 6.47. The van der Waals surface area contributed by atoms with Crippen LogP contribution < -0.4 is 10.2 Å². The highest BCUT2D eigenvalue weighted by Crippen LogP contribution is 2.36. The lowest BCUT2D eigenvalue weighted by atomic mass is 10.1. The van der Waals surface area contributed by atoms with E-state index in [9.17, 15) is 9.18 Å². The fraction of sp³-hybridized carbons (Fsp3) is 0.167. The zero-order valence-corrected chi connectivity index (χ0v) is 15.4. The van der Waals surface area contributed by atoms with Crippen molar-refractivity contribution in [1.82, 2.24) is 5.43 Å². The molecule has 1 N–H and O–H groups in total. The number of amides is 1. The van der Waals surface area contributed by atoms with Crippen LogP contribution >= 0.6 is 23.2 Å². The molecule has 1 aliphatic rings. The molecule has 1 heterocycles. The maximum Gasteiger partial charge on any atom is 0.280 e. The lowest BCUT2D eigenvalue weighted by molar-refractivity contribution is -0.129. The Morgan fingerprint density at radius 1 is 1.37 bits per heavy atom. The molecule has 0 bridgehead atoms. The molecule has 138 valence electrons. The predicted molar refractivity (Wildman–Crippen MR) is 99.0 cm³/mol. The van der Waals surface area contributed by atoms with Gasteiger partial charge in [-0.15, -0.1) is 5.10 Å². The van der Waals surface area contributed by atoms with Gasteiger partial charge in [-0.1, -0.05) is 29.3 Å². The van der Waals surface area contributed by atoms with Gasteiger partial charge < -0.3 is 9.47 Å². The van der Waals surface area contributed by atoms with E-state index in [1.807, 2.05) is 0 Å². The third-order valence-corrected chi connectivity index (χ3v) is 4.16. The van der Waals surface area contributed by atoms with Gasteiger partial charge in [-0.2, -0.15) is 0 Å². The van der Waals surface area contributed by atoms with Crippen LogP contribution in [-0.4, -0.2) is 17.9 Å². The largest absolute Gasteiger partial charge is 0.466 e. The van der Waals surface area contributed by atoms with Crippen molar-refractivity contribution in [2.45, 2.75) is 19.4 Å². The number of nitrogens with one attached hydrogen (secondary N) is 1. The van der Waals surface area contributed by atoms with Gasteiger partial charge in [-0.05, 0) is 31.2 Å². The standard InChI is InChI=1S/C18H12Cl2FN3O3/c1-9-18(25)24-23-15(26-9)5-10-3-4-14(20)17(16(10)21)27-13-7-11(19)6-12(8-13)22-2/h3-4,6-9H,5H2,1H3,(H,24,25). The molecule has 0 spiro atoms. The average Bonchev–Trinajstić information content (AvgIpc) is 2.63. The summed E-state index contributed by atoms with van der Waals surface area (Å²) in [5.41, 5.74) is 2.77. The van der Waals surface area contributed by atoms with Gasteiger partial charge in [0.15, 0.2) is 23.4 Å². The number of hydrogen-bond donors (Lipinski definition) is 1. The highest BCUT2D eigenvalue weighted by atomic mass is 35.5. The number of carbonyl (C=O) groups excluding carboxylic acids is 1. The monoisotopic (exact) mass is 407 g/mol. The Bertz CT molecular complexity index is 989. The number of benzene rings is 2. The predicted octanol–water partition coefficient (Wildman–Crippen LogP) is 4.87. The summed E-state index contributed by atoms with van der Waals surface area (Å²) in [6.45, 7) is 8.62. The van der Waals surface area contributed by atoms with E-state index in [2.05, 4.69) is 15.4 Å². The van der Waals surface area contributed by atoms with Crippen molar-refractivity contribution < 1.29 is 18.7 Å². The topological polar surface area (TPSA) is 64.3 Å². The minimum absolute atomic E-state index is 0.00711. The van der Waals surface area contributed by atoms with Crippen LogP contribution in [-0.2, 0) is 16.0 Å². The van der Waals surface area contributed by atoms with Gasteiger partial charge in [0.1, 0.15) is 5.75 Å². The van der Waals surface area contributed by atoms with Crippen LogP contribution in [0.1, 0.15) is 12.5 Å². The van der Waals surface area contributed by atoms with E-state index in [4.69, 9.17) is 39.2 Å². The smallest absolute Gasteiger partial charge is 0.280 e. The fourth-order valence-corrected chi connectivity index (χ4v) is 2.73. The first-order valence-electron chi connectivity index (χ1n) is 7.73. The summed E-state index contributed by atoms with van der Waals surface area (Å²) in [5, 5.41) is 4.10. The van der Waals surface area contributed by atoms with Crippen LogP contribution in [0.15, 0.2) is 35.4 Å². The van der Waals surface area contributed by atoms with Crippen molar-refractivity contribution in [2.24, 2.45) is 5.10 Å². The molecular formula is C18H12Cl2FN3O3. The summed E-state index contributed by atoms with van der Waals surface area (Å²) in [6.07, 6.45) is -0.727. The molecule has 0 saturated carbocycles. The van der Waals surface area contributed by atoms with E-state index in [1.54, 1.807) is 6.92 Å². The first-order valence-corrected chi connectivity index (χ1v) is 8.49.